The third-order valence-corrected chi connectivity index (χ3v) is 3.58. The lowest BCUT2D eigenvalue weighted by atomic mass is 10.1. The lowest BCUT2D eigenvalue weighted by molar-refractivity contribution is -0.0652. The molecule has 4 heteroatoms. The van der Waals surface area contributed by atoms with Gasteiger partial charge in [-0.2, -0.15) is 0 Å². The number of hydroxylamine groups is 2. The highest BCUT2D eigenvalue weighted by atomic mass is 16.5. The Labute approximate surface area is 137 Å². The van der Waals surface area contributed by atoms with Crippen LogP contribution in [0.5, 0.6) is 0 Å². The summed E-state index contributed by atoms with van der Waals surface area (Å²) in [7, 11) is 0. The molecule has 0 aliphatic heterocycles. The predicted molar refractivity (Wildman–Crippen MR) is 90.9 cm³/mol. The monoisotopic (exact) mass is 310 g/mol. The average molecular weight is 310 g/mol. The smallest absolute Gasteiger partial charge is 0.285 e. The van der Waals surface area contributed by atoms with Gasteiger partial charge in [0.05, 0.1) is 6.54 Å². The van der Waals surface area contributed by atoms with Gasteiger partial charge >= 0.3 is 0 Å². The topological polar surface area (TPSA) is 53.4 Å². The first-order valence-electron chi connectivity index (χ1n) is 7.79. The lowest BCUT2D eigenvalue weighted by Crippen LogP contribution is -2.27. The van der Waals surface area contributed by atoms with Gasteiger partial charge in [0.15, 0.2) is 0 Å². The number of aromatic nitrogens is 1. The summed E-state index contributed by atoms with van der Waals surface area (Å²) in [4.78, 5) is 16.4. The van der Waals surface area contributed by atoms with E-state index in [1.54, 1.807) is 12.3 Å². The van der Waals surface area contributed by atoms with Crippen molar-refractivity contribution in [1.29, 1.82) is 0 Å². The van der Waals surface area contributed by atoms with E-state index in [4.69, 9.17) is 0 Å². The Morgan fingerprint density at radius 1 is 1.26 bits per heavy atom. The fourth-order valence-electron chi connectivity index (χ4n) is 2.23. The van der Waals surface area contributed by atoms with Crippen molar-refractivity contribution in [3.8, 4) is 0 Å². The van der Waals surface area contributed by atoms with Crippen LogP contribution in [-0.2, 0) is 6.54 Å². The van der Waals surface area contributed by atoms with Crippen LogP contribution < -0.4 is 0 Å². The normalized spacial score (nSPS) is 11.3. The van der Waals surface area contributed by atoms with E-state index in [-0.39, 0.29) is 12.2 Å². The largest absolute Gasteiger partial charge is 0.296 e. The first kappa shape index (κ1) is 16.9. The fraction of sp³-hybridized carbons (Fsp3) is 0.263. The molecule has 0 spiro atoms. The van der Waals surface area contributed by atoms with Crippen LogP contribution in [0.15, 0.2) is 54.7 Å². The Hall–Kier alpha value is -2.46. The van der Waals surface area contributed by atoms with E-state index in [0.29, 0.717) is 5.06 Å². The maximum absolute atomic E-state index is 12.3. The first-order chi connectivity index (χ1) is 11.1. The molecule has 4 nitrogen and oxygen atoms in total. The van der Waals surface area contributed by atoms with Crippen molar-refractivity contribution in [2.24, 2.45) is 0 Å². The molecule has 0 aliphatic carbocycles. The summed E-state index contributed by atoms with van der Waals surface area (Å²) in [6.07, 6.45) is 5.82. The first-order valence-corrected chi connectivity index (χ1v) is 7.79. The van der Waals surface area contributed by atoms with Gasteiger partial charge in [0.1, 0.15) is 5.69 Å². The van der Waals surface area contributed by atoms with Crippen molar-refractivity contribution >= 4 is 11.5 Å². The molecule has 1 aromatic carbocycles. The van der Waals surface area contributed by atoms with E-state index in [1.165, 1.54) is 0 Å². The molecule has 1 heterocycles. The van der Waals surface area contributed by atoms with E-state index >= 15 is 0 Å². The number of nitrogens with zero attached hydrogens (tertiary/aromatic N) is 2. The second-order valence-electron chi connectivity index (χ2n) is 5.45. The molecule has 0 fully saturated rings. The third-order valence-electron chi connectivity index (χ3n) is 3.58. The molecule has 0 radical (unpaired) electrons. The molecule has 1 amide bonds. The average Bonchev–Trinajstić information content (AvgIpc) is 2.60. The van der Waals surface area contributed by atoms with Crippen LogP contribution in [0.1, 0.15) is 48.3 Å². The van der Waals surface area contributed by atoms with E-state index in [1.807, 2.05) is 43.3 Å². The quantitative estimate of drug-likeness (QED) is 0.638. The summed E-state index contributed by atoms with van der Waals surface area (Å²) in [6.45, 7) is 4.27. The molecule has 0 saturated heterocycles. The molecule has 2 rings (SSSR count). The standard InChI is InChI=1S/C19H22N2O2/c1-3-4-8-15(2)17-11-12-20-18(13-17)19(22)21(23)14-16-9-6-5-7-10-16/h5-13,23H,3-4,14H2,1-2H3/b15-8+. The third kappa shape index (κ3) is 4.76. The number of allylic oxidation sites excluding steroid dienone is 2. The summed E-state index contributed by atoms with van der Waals surface area (Å²) >= 11 is 0. The summed E-state index contributed by atoms with van der Waals surface area (Å²) in [5, 5.41) is 10.7. The Morgan fingerprint density at radius 3 is 2.70 bits per heavy atom. The van der Waals surface area contributed by atoms with Gasteiger partial charge in [0, 0.05) is 6.20 Å². The number of benzene rings is 1. The number of rotatable bonds is 6. The highest BCUT2D eigenvalue weighted by Gasteiger charge is 2.16. The van der Waals surface area contributed by atoms with Crippen LogP contribution in [0.2, 0.25) is 0 Å². The number of hydrogen-bond acceptors (Lipinski definition) is 3. The van der Waals surface area contributed by atoms with Gasteiger partial charge in [-0.1, -0.05) is 49.8 Å². The Balaban J connectivity index is 2.13. The highest BCUT2D eigenvalue weighted by Crippen LogP contribution is 2.16. The molecule has 0 bridgehead atoms. The van der Waals surface area contributed by atoms with Crippen molar-refractivity contribution in [1.82, 2.24) is 10.0 Å². The van der Waals surface area contributed by atoms with Crippen LogP contribution in [0.4, 0.5) is 0 Å². The van der Waals surface area contributed by atoms with Gasteiger partial charge < -0.3 is 0 Å². The summed E-state index contributed by atoms with van der Waals surface area (Å²) in [5.41, 5.74) is 3.16. The van der Waals surface area contributed by atoms with E-state index in [2.05, 4.69) is 18.0 Å². The number of carbonyl (C=O) groups is 1. The van der Waals surface area contributed by atoms with Crippen molar-refractivity contribution in [2.75, 3.05) is 0 Å². The molecule has 0 unspecified atom stereocenters. The Morgan fingerprint density at radius 2 is 2.00 bits per heavy atom. The van der Waals surface area contributed by atoms with Crippen molar-refractivity contribution in [3.63, 3.8) is 0 Å². The van der Waals surface area contributed by atoms with Crippen LogP contribution >= 0.6 is 0 Å². The number of hydrogen-bond donors (Lipinski definition) is 1. The molecule has 0 saturated carbocycles. The molecule has 0 atom stereocenters. The Bertz CT molecular complexity index is 681. The minimum absolute atomic E-state index is 0.135. The molecular weight excluding hydrogens is 288 g/mol. The molecule has 1 aromatic heterocycles. The Kier molecular flexibility index (Phi) is 6.06. The zero-order valence-electron chi connectivity index (χ0n) is 13.6. The second kappa shape index (κ2) is 8.25. The second-order valence-corrected chi connectivity index (χ2v) is 5.45. The number of unbranched alkanes of at least 4 members (excludes halogenated alkanes) is 1. The van der Waals surface area contributed by atoms with Gasteiger partial charge in [-0.3, -0.25) is 15.0 Å². The van der Waals surface area contributed by atoms with Gasteiger partial charge in [-0.15, -0.1) is 0 Å². The van der Waals surface area contributed by atoms with Gasteiger partial charge in [-0.25, -0.2) is 5.06 Å². The molecule has 1 N–H and O–H groups in total. The number of pyridine rings is 1. The molecular formula is C19H22N2O2. The van der Waals surface area contributed by atoms with Gasteiger partial charge in [-0.05, 0) is 42.2 Å². The molecule has 120 valence electrons. The number of amides is 1. The zero-order valence-corrected chi connectivity index (χ0v) is 13.6. The lowest BCUT2D eigenvalue weighted by Gasteiger charge is -2.15. The molecule has 23 heavy (non-hydrogen) atoms. The van der Waals surface area contributed by atoms with E-state index < -0.39 is 5.91 Å². The minimum atomic E-state index is -0.501. The SMILES string of the molecule is CCC/C=C(\C)c1ccnc(C(=O)N(O)Cc2ccccc2)c1. The van der Waals surface area contributed by atoms with Gasteiger partial charge in [0.2, 0.25) is 0 Å². The van der Waals surface area contributed by atoms with Gasteiger partial charge in [0.25, 0.3) is 5.91 Å². The summed E-state index contributed by atoms with van der Waals surface area (Å²) in [6, 6.07) is 12.9. The van der Waals surface area contributed by atoms with Crippen LogP contribution in [0.3, 0.4) is 0 Å². The van der Waals surface area contributed by atoms with Crippen LogP contribution in [0.25, 0.3) is 5.57 Å². The minimum Gasteiger partial charge on any atom is -0.285 e. The van der Waals surface area contributed by atoms with Crippen LogP contribution in [-0.4, -0.2) is 21.2 Å². The highest BCUT2D eigenvalue weighted by molar-refractivity contribution is 5.92. The van der Waals surface area contributed by atoms with Crippen molar-refractivity contribution < 1.29 is 10.0 Å². The maximum Gasteiger partial charge on any atom is 0.296 e. The van der Waals surface area contributed by atoms with E-state index in [9.17, 15) is 10.0 Å². The predicted octanol–water partition coefficient (Wildman–Crippen LogP) is 4.32. The fourth-order valence-corrected chi connectivity index (χ4v) is 2.23. The summed E-state index contributed by atoms with van der Waals surface area (Å²) < 4.78 is 0. The number of carbonyl (C=O) groups excluding carboxylic acids is 1. The zero-order chi connectivity index (χ0) is 16.7. The maximum atomic E-state index is 12.3. The van der Waals surface area contributed by atoms with Crippen molar-refractivity contribution in [3.05, 3.63) is 71.6 Å². The summed E-state index contributed by atoms with van der Waals surface area (Å²) in [5.74, 6) is -0.501. The molecule has 2 aromatic rings. The molecule has 0 aliphatic rings. The van der Waals surface area contributed by atoms with Crippen molar-refractivity contribution in [2.45, 2.75) is 33.2 Å². The van der Waals surface area contributed by atoms with Crippen LogP contribution in [0, 0.1) is 0 Å². The van der Waals surface area contributed by atoms with E-state index in [0.717, 1.165) is 29.5 Å².